The smallest absolute Gasteiger partial charge is 0.227 e. The molecule has 1 amide bonds. The second-order valence-electron chi connectivity index (χ2n) is 6.07. The van der Waals surface area contributed by atoms with Crippen molar-refractivity contribution in [1.29, 1.82) is 0 Å². The van der Waals surface area contributed by atoms with Crippen molar-refractivity contribution in [2.24, 2.45) is 0 Å². The summed E-state index contributed by atoms with van der Waals surface area (Å²) in [5.74, 6) is -0.148. The van der Waals surface area contributed by atoms with Crippen LogP contribution in [0.5, 0.6) is 0 Å². The van der Waals surface area contributed by atoms with Crippen molar-refractivity contribution < 1.29 is 14.6 Å². The van der Waals surface area contributed by atoms with Crippen molar-refractivity contribution in [3.8, 4) is 0 Å². The van der Waals surface area contributed by atoms with Gasteiger partial charge in [-0.25, -0.2) is 0 Å². The van der Waals surface area contributed by atoms with Crippen LogP contribution >= 0.6 is 0 Å². The van der Waals surface area contributed by atoms with Crippen LogP contribution in [-0.4, -0.2) is 61.4 Å². The van der Waals surface area contributed by atoms with Crippen LogP contribution < -0.4 is 5.32 Å². The third kappa shape index (κ3) is 5.61. The third-order valence-electron chi connectivity index (χ3n) is 4.41. The van der Waals surface area contributed by atoms with E-state index in [1.807, 2.05) is 30.3 Å². The maximum absolute atomic E-state index is 12.6. The first kappa shape index (κ1) is 17.9. The zero-order valence-corrected chi connectivity index (χ0v) is 13.9. The van der Waals surface area contributed by atoms with Gasteiger partial charge in [-0.05, 0) is 25.3 Å². The molecule has 1 saturated heterocycles. The van der Waals surface area contributed by atoms with Crippen LogP contribution in [-0.2, 0) is 9.53 Å². The minimum atomic E-state index is -0.194. The van der Waals surface area contributed by atoms with Gasteiger partial charge in [0.1, 0.15) is 0 Å². The number of rotatable bonds is 8. The van der Waals surface area contributed by atoms with Crippen molar-refractivity contribution in [1.82, 2.24) is 10.2 Å². The fourth-order valence-electron chi connectivity index (χ4n) is 2.95. The van der Waals surface area contributed by atoms with Crippen LogP contribution in [0.1, 0.15) is 31.2 Å². The SMILES string of the molecule is CC(CNC(=O)C(CCCO)c1ccccc1)N1CCOCC1. The molecule has 5 nitrogen and oxygen atoms in total. The lowest BCUT2D eigenvalue weighted by Gasteiger charge is -2.32. The van der Waals surface area contributed by atoms with E-state index in [9.17, 15) is 4.79 Å². The number of ether oxygens (including phenoxy) is 1. The van der Waals surface area contributed by atoms with Crippen molar-refractivity contribution in [3.63, 3.8) is 0 Å². The minimum Gasteiger partial charge on any atom is -0.396 e. The summed E-state index contributed by atoms with van der Waals surface area (Å²) in [4.78, 5) is 14.9. The van der Waals surface area contributed by atoms with Gasteiger partial charge in [0.25, 0.3) is 0 Å². The maximum atomic E-state index is 12.6. The van der Waals surface area contributed by atoms with Gasteiger partial charge in [0.05, 0.1) is 19.1 Å². The number of aliphatic hydroxyl groups is 1. The second-order valence-corrected chi connectivity index (χ2v) is 6.07. The lowest BCUT2D eigenvalue weighted by Crippen LogP contribution is -2.47. The second kappa shape index (κ2) is 9.65. The summed E-state index contributed by atoms with van der Waals surface area (Å²) in [6.45, 7) is 6.26. The summed E-state index contributed by atoms with van der Waals surface area (Å²) in [5, 5.41) is 12.2. The van der Waals surface area contributed by atoms with Crippen molar-refractivity contribution in [2.45, 2.75) is 31.7 Å². The molecule has 2 atom stereocenters. The number of benzene rings is 1. The first-order valence-corrected chi connectivity index (χ1v) is 8.47. The van der Waals surface area contributed by atoms with Gasteiger partial charge < -0.3 is 15.2 Å². The average molecular weight is 320 g/mol. The molecule has 1 fully saturated rings. The molecule has 2 N–H and O–H groups in total. The molecule has 1 aliphatic heterocycles. The Kier molecular flexibility index (Phi) is 7.52. The minimum absolute atomic E-state index is 0.0461. The maximum Gasteiger partial charge on any atom is 0.227 e. The highest BCUT2D eigenvalue weighted by Gasteiger charge is 2.22. The Morgan fingerprint density at radius 1 is 1.30 bits per heavy atom. The standard InChI is InChI=1S/C18H28N2O3/c1-15(20-9-12-23-13-10-20)14-19-18(22)17(8-5-11-21)16-6-3-2-4-7-16/h2-4,6-7,15,17,21H,5,8-14H2,1H3,(H,19,22). The van der Waals surface area contributed by atoms with E-state index in [4.69, 9.17) is 9.84 Å². The molecule has 2 rings (SSSR count). The number of carbonyl (C=O) groups is 1. The molecule has 5 heteroatoms. The summed E-state index contributed by atoms with van der Waals surface area (Å²) < 4.78 is 5.36. The lowest BCUT2D eigenvalue weighted by atomic mass is 9.93. The molecule has 0 aliphatic carbocycles. The fraction of sp³-hybridized carbons (Fsp3) is 0.611. The summed E-state index contributed by atoms with van der Waals surface area (Å²) >= 11 is 0. The Morgan fingerprint density at radius 2 is 2.00 bits per heavy atom. The van der Waals surface area contributed by atoms with E-state index in [0.29, 0.717) is 25.4 Å². The van der Waals surface area contributed by atoms with E-state index in [-0.39, 0.29) is 18.4 Å². The molecular formula is C18H28N2O3. The highest BCUT2D eigenvalue weighted by Crippen LogP contribution is 2.21. The van der Waals surface area contributed by atoms with Crippen LogP contribution in [0.3, 0.4) is 0 Å². The predicted molar refractivity (Wildman–Crippen MR) is 90.4 cm³/mol. The molecule has 2 unspecified atom stereocenters. The van der Waals surface area contributed by atoms with Crippen LogP contribution in [0.25, 0.3) is 0 Å². The summed E-state index contributed by atoms with van der Waals surface area (Å²) in [7, 11) is 0. The molecule has 0 bridgehead atoms. The van der Waals surface area contributed by atoms with E-state index in [2.05, 4.69) is 17.1 Å². The van der Waals surface area contributed by atoms with E-state index in [1.165, 1.54) is 0 Å². The van der Waals surface area contributed by atoms with Crippen LogP contribution in [0, 0.1) is 0 Å². The first-order chi connectivity index (χ1) is 11.2. The number of carbonyl (C=O) groups excluding carboxylic acids is 1. The van der Waals surface area contributed by atoms with E-state index in [0.717, 1.165) is 31.9 Å². The number of nitrogens with one attached hydrogen (secondary N) is 1. The van der Waals surface area contributed by atoms with Crippen molar-refractivity contribution in [2.75, 3.05) is 39.5 Å². The van der Waals surface area contributed by atoms with Crippen molar-refractivity contribution >= 4 is 5.91 Å². The first-order valence-electron chi connectivity index (χ1n) is 8.47. The van der Waals surface area contributed by atoms with Gasteiger partial charge in [-0.2, -0.15) is 0 Å². The summed E-state index contributed by atoms with van der Waals surface area (Å²) in [6, 6.07) is 10.1. The van der Waals surface area contributed by atoms with Gasteiger partial charge in [-0.3, -0.25) is 9.69 Å². The van der Waals surface area contributed by atoms with Gasteiger partial charge in [0.15, 0.2) is 0 Å². The van der Waals surface area contributed by atoms with Gasteiger partial charge in [-0.15, -0.1) is 0 Å². The number of aliphatic hydroxyl groups excluding tert-OH is 1. The molecule has 0 radical (unpaired) electrons. The molecule has 1 aromatic rings. The molecule has 1 aromatic carbocycles. The molecular weight excluding hydrogens is 292 g/mol. The topological polar surface area (TPSA) is 61.8 Å². The molecule has 0 aromatic heterocycles. The predicted octanol–water partition coefficient (Wildman–Crippen LogP) is 1.38. The molecule has 23 heavy (non-hydrogen) atoms. The Labute approximate surface area is 138 Å². The number of morpholine rings is 1. The van der Waals surface area contributed by atoms with Gasteiger partial charge in [0.2, 0.25) is 5.91 Å². The molecule has 1 aliphatic rings. The molecule has 128 valence electrons. The van der Waals surface area contributed by atoms with Crippen LogP contribution in [0.4, 0.5) is 0 Å². The van der Waals surface area contributed by atoms with Crippen LogP contribution in [0.2, 0.25) is 0 Å². The summed E-state index contributed by atoms with van der Waals surface area (Å²) in [6.07, 6.45) is 1.30. The molecule has 1 heterocycles. The average Bonchev–Trinajstić information content (AvgIpc) is 2.61. The zero-order chi connectivity index (χ0) is 16.5. The quantitative estimate of drug-likeness (QED) is 0.760. The number of amides is 1. The lowest BCUT2D eigenvalue weighted by molar-refractivity contribution is -0.123. The number of hydrogen-bond acceptors (Lipinski definition) is 4. The highest BCUT2D eigenvalue weighted by molar-refractivity contribution is 5.83. The summed E-state index contributed by atoms with van der Waals surface area (Å²) in [5.41, 5.74) is 1.01. The Hall–Kier alpha value is -1.43. The zero-order valence-electron chi connectivity index (χ0n) is 13.9. The third-order valence-corrected chi connectivity index (χ3v) is 4.41. The number of nitrogens with zero attached hydrogens (tertiary/aromatic N) is 1. The number of hydrogen-bond donors (Lipinski definition) is 2. The van der Waals surface area contributed by atoms with Gasteiger partial charge in [0, 0.05) is 32.3 Å². The van der Waals surface area contributed by atoms with Gasteiger partial charge in [-0.1, -0.05) is 30.3 Å². The van der Waals surface area contributed by atoms with Crippen molar-refractivity contribution in [3.05, 3.63) is 35.9 Å². The van der Waals surface area contributed by atoms with E-state index in [1.54, 1.807) is 0 Å². The normalized spacial score (nSPS) is 18.3. The Morgan fingerprint density at radius 3 is 2.65 bits per heavy atom. The van der Waals surface area contributed by atoms with Crippen LogP contribution in [0.15, 0.2) is 30.3 Å². The largest absolute Gasteiger partial charge is 0.396 e. The molecule has 0 spiro atoms. The Balaban J connectivity index is 1.89. The van der Waals surface area contributed by atoms with E-state index >= 15 is 0 Å². The fourth-order valence-corrected chi connectivity index (χ4v) is 2.95. The highest BCUT2D eigenvalue weighted by atomic mass is 16.5. The van der Waals surface area contributed by atoms with E-state index < -0.39 is 0 Å². The molecule has 0 saturated carbocycles. The Bertz CT molecular complexity index is 461. The van der Waals surface area contributed by atoms with Gasteiger partial charge >= 0.3 is 0 Å². The monoisotopic (exact) mass is 320 g/mol.